The van der Waals surface area contributed by atoms with Crippen molar-refractivity contribution < 1.29 is 14.3 Å². The zero-order valence-corrected chi connectivity index (χ0v) is 18.8. The van der Waals surface area contributed by atoms with Crippen molar-refractivity contribution in [1.82, 2.24) is 15.3 Å². The number of hydrogen-bond acceptors (Lipinski definition) is 7. The summed E-state index contributed by atoms with van der Waals surface area (Å²) in [5, 5.41) is 3.58. The van der Waals surface area contributed by atoms with Crippen LogP contribution in [0, 0.1) is 6.92 Å². The van der Waals surface area contributed by atoms with E-state index in [1.165, 1.54) is 0 Å². The van der Waals surface area contributed by atoms with E-state index in [0.717, 1.165) is 55.1 Å². The van der Waals surface area contributed by atoms with Crippen molar-refractivity contribution >= 4 is 45.1 Å². The Morgan fingerprint density at radius 1 is 1.09 bits per heavy atom. The molecule has 6 nitrogen and oxygen atoms in total. The molecule has 5 rings (SSSR count). The van der Waals surface area contributed by atoms with Crippen LogP contribution in [-0.2, 0) is 17.8 Å². The lowest BCUT2D eigenvalue weighted by molar-refractivity contribution is -0.118. The average molecular weight is 462 g/mol. The number of rotatable bonds is 6. The summed E-state index contributed by atoms with van der Waals surface area (Å²) in [6, 6.07) is 17.9. The molecule has 0 bridgehead atoms. The quantitative estimate of drug-likeness (QED) is 0.428. The van der Waals surface area contributed by atoms with Crippen LogP contribution < -0.4 is 10.1 Å². The molecule has 8 heteroatoms. The molecule has 0 radical (unpaired) electrons. The van der Waals surface area contributed by atoms with Gasteiger partial charge in [-0.15, -0.1) is 11.3 Å². The van der Waals surface area contributed by atoms with Gasteiger partial charge in [0.2, 0.25) is 5.91 Å². The highest BCUT2D eigenvalue weighted by Gasteiger charge is 2.31. The summed E-state index contributed by atoms with van der Waals surface area (Å²) in [6.07, 6.45) is 2.22. The zero-order valence-electron chi connectivity index (χ0n) is 17.2. The molecule has 3 heterocycles. The molecule has 1 saturated heterocycles. The number of nitrogens with zero attached hydrogens (tertiary/aromatic N) is 2. The number of benzene rings is 2. The van der Waals surface area contributed by atoms with Gasteiger partial charge in [-0.25, -0.2) is 4.98 Å². The van der Waals surface area contributed by atoms with Crippen molar-refractivity contribution in [2.24, 2.45) is 0 Å². The van der Waals surface area contributed by atoms with E-state index in [9.17, 15) is 9.59 Å². The molecular weight excluding hydrogens is 442 g/mol. The molecule has 1 fully saturated rings. The Bertz CT molecular complexity index is 1320. The highest BCUT2D eigenvalue weighted by molar-refractivity contribution is 8.15. The highest BCUT2D eigenvalue weighted by atomic mass is 32.2. The number of pyridine rings is 1. The summed E-state index contributed by atoms with van der Waals surface area (Å²) >= 11 is 2.69. The van der Waals surface area contributed by atoms with Crippen molar-refractivity contribution in [3.8, 4) is 16.3 Å². The molecule has 32 heavy (non-hydrogen) atoms. The van der Waals surface area contributed by atoms with E-state index in [-0.39, 0.29) is 11.1 Å². The molecule has 1 N–H and O–H groups in total. The number of ether oxygens (including phenoxy) is 1. The SMILES string of the molecule is Cc1sc(-c2ccccc2)nc1COc1ccc2cc(CC3SC(=O)NC3=O)cnc2c1. The maximum atomic E-state index is 11.8. The average Bonchev–Trinajstić information content (AvgIpc) is 3.33. The number of nitrogens with one attached hydrogen (secondary N) is 1. The summed E-state index contributed by atoms with van der Waals surface area (Å²) in [5.41, 5.74) is 3.76. The Hall–Kier alpha value is -3.23. The summed E-state index contributed by atoms with van der Waals surface area (Å²) in [6.45, 7) is 2.45. The van der Waals surface area contributed by atoms with Gasteiger partial charge in [-0.2, -0.15) is 0 Å². The second-order valence-corrected chi connectivity index (χ2v) is 9.84. The summed E-state index contributed by atoms with van der Waals surface area (Å²) < 4.78 is 6.00. The molecule has 1 unspecified atom stereocenters. The number of aryl methyl sites for hydroxylation is 1. The molecule has 0 saturated carbocycles. The van der Waals surface area contributed by atoms with E-state index in [1.807, 2.05) is 42.5 Å². The van der Waals surface area contributed by atoms with Gasteiger partial charge in [0.1, 0.15) is 17.4 Å². The number of thiazole rings is 1. The molecule has 2 aromatic heterocycles. The number of amides is 2. The van der Waals surface area contributed by atoms with E-state index >= 15 is 0 Å². The maximum Gasteiger partial charge on any atom is 0.286 e. The second kappa shape index (κ2) is 8.72. The number of fused-ring (bicyclic) bond motifs is 1. The van der Waals surface area contributed by atoms with Crippen molar-refractivity contribution in [2.75, 3.05) is 0 Å². The third-order valence-electron chi connectivity index (χ3n) is 5.19. The first-order valence-corrected chi connectivity index (χ1v) is 11.8. The number of imide groups is 1. The molecule has 1 atom stereocenters. The monoisotopic (exact) mass is 461 g/mol. The van der Waals surface area contributed by atoms with Gasteiger partial charge in [-0.1, -0.05) is 42.1 Å². The lowest BCUT2D eigenvalue weighted by Gasteiger charge is -2.08. The molecule has 0 spiro atoms. The van der Waals surface area contributed by atoms with Crippen LogP contribution >= 0.6 is 23.1 Å². The summed E-state index contributed by atoms with van der Waals surface area (Å²) in [5.74, 6) is 0.485. The minimum absolute atomic E-state index is 0.239. The molecule has 160 valence electrons. The van der Waals surface area contributed by atoms with Crippen LogP contribution in [0.2, 0.25) is 0 Å². The Morgan fingerprint density at radius 2 is 1.94 bits per heavy atom. The van der Waals surface area contributed by atoms with Crippen molar-refractivity contribution in [1.29, 1.82) is 0 Å². The fraction of sp³-hybridized carbons (Fsp3) is 0.167. The smallest absolute Gasteiger partial charge is 0.286 e. The van der Waals surface area contributed by atoms with Crippen LogP contribution in [0.4, 0.5) is 4.79 Å². The Morgan fingerprint density at radius 3 is 2.72 bits per heavy atom. The fourth-order valence-corrected chi connectivity index (χ4v) is 5.29. The van der Waals surface area contributed by atoms with Crippen LogP contribution in [0.5, 0.6) is 5.75 Å². The van der Waals surface area contributed by atoms with Gasteiger partial charge in [0.25, 0.3) is 5.24 Å². The minimum Gasteiger partial charge on any atom is -0.487 e. The van der Waals surface area contributed by atoms with Crippen molar-refractivity contribution in [2.45, 2.75) is 25.2 Å². The third-order valence-corrected chi connectivity index (χ3v) is 7.23. The zero-order chi connectivity index (χ0) is 22.1. The van der Waals surface area contributed by atoms with Crippen molar-refractivity contribution in [3.05, 3.63) is 76.9 Å². The second-order valence-electron chi connectivity index (χ2n) is 7.46. The largest absolute Gasteiger partial charge is 0.487 e. The van der Waals surface area contributed by atoms with Gasteiger partial charge in [0.05, 0.1) is 16.5 Å². The van der Waals surface area contributed by atoms with Gasteiger partial charge in [0, 0.05) is 28.1 Å². The molecular formula is C24H19N3O3S2. The Balaban J connectivity index is 1.28. The number of carbonyl (C=O) groups is 2. The lowest BCUT2D eigenvalue weighted by Crippen LogP contribution is -2.25. The molecule has 1 aliphatic rings. The van der Waals surface area contributed by atoms with Gasteiger partial charge >= 0.3 is 0 Å². The number of carbonyl (C=O) groups excluding carboxylic acids is 2. The molecule has 2 amide bonds. The van der Waals surface area contributed by atoms with Crippen LogP contribution in [0.25, 0.3) is 21.5 Å². The Labute approximate surface area is 193 Å². The van der Waals surface area contributed by atoms with Gasteiger partial charge in [-0.3, -0.25) is 19.9 Å². The number of thioether (sulfide) groups is 1. The fourth-order valence-electron chi connectivity index (χ4n) is 3.51. The van der Waals surface area contributed by atoms with E-state index in [0.29, 0.717) is 13.0 Å². The minimum atomic E-state index is -0.397. The third kappa shape index (κ3) is 4.37. The van der Waals surface area contributed by atoms with E-state index < -0.39 is 5.25 Å². The first-order valence-electron chi connectivity index (χ1n) is 10.1. The lowest BCUT2D eigenvalue weighted by atomic mass is 10.1. The number of hydrogen-bond donors (Lipinski definition) is 1. The molecule has 0 aliphatic carbocycles. The van der Waals surface area contributed by atoms with Crippen LogP contribution in [0.1, 0.15) is 16.1 Å². The molecule has 1 aliphatic heterocycles. The predicted molar refractivity (Wildman–Crippen MR) is 127 cm³/mol. The predicted octanol–water partition coefficient (Wildman–Crippen LogP) is 5.14. The first-order chi connectivity index (χ1) is 15.5. The topological polar surface area (TPSA) is 81.2 Å². The van der Waals surface area contributed by atoms with Crippen LogP contribution in [-0.4, -0.2) is 26.4 Å². The van der Waals surface area contributed by atoms with Crippen molar-refractivity contribution in [3.63, 3.8) is 0 Å². The standard InChI is InChI=1S/C24H19N3O3S2/c1-14-20(26-23(31-14)16-5-3-2-4-6-16)13-30-18-8-7-17-9-15(12-25-19(17)11-18)10-21-22(28)27-24(29)32-21/h2-9,11-12,21H,10,13H2,1H3,(H,27,28,29). The highest BCUT2D eigenvalue weighted by Crippen LogP contribution is 2.29. The molecule has 4 aromatic rings. The summed E-state index contributed by atoms with van der Waals surface area (Å²) in [4.78, 5) is 33.6. The first kappa shape index (κ1) is 20.7. The Kier molecular flexibility index (Phi) is 5.63. The van der Waals surface area contributed by atoms with Gasteiger partial charge < -0.3 is 4.74 Å². The molecule has 2 aromatic carbocycles. The van der Waals surface area contributed by atoms with Gasteiger partial charge in [0.15, 0.2) is 0 Å². The van der Waals surface area contributed by atoms with Crippen LogP contribution in [0.3, 0.4) is 0 Å². The van der Waals surface area contributed by atoms with Gasteiger partial charge in [-0.05, 0) is 37.1 Å². The van der Waals surface area contributed by atoms with E-state index in [4.69, 9.17) is 9.72 Å². The maximum absolute atomic E-state index is 11.8. The normalized spacial score (nSPS) is 15.8. The summed E-state index contributed by atoms with van der Waals surface area (Å²) in [7, 11) is 0. The van der Waals surface area contributed by atoms with E-state index in [2.05, 4.69) is 29.4 Å². The van der Waals surface area contributed by atoms with E-state index in [1.54, 1.807) is 17.5 Å². The number of aromatic nitrogens is 2. The van der Waals surface area contributed by atoms with Crippen LogP contribution in [0.15, 0.2) is 60.8 Å².